The van der Waals surface area contributed by atoms with Gasteiger partial charge in [0.05, 0.1) is 18.3 Å². The molecule has 344 valence electrons. The number of guanidine groups is 1. The van der Waals surface area contributed by atoms with Crippen molar-refractivity contribution in [2.75, 3.05) is 18.4 Å². The van der Waals surface area contributed by atoms with E-state index in [2.05, 4.69) is 93.7 Å². The number of anilines is 1. The van der Waals surface area contributed by atoms with Gasteiger partial charge in [-0.15, -0.1) is 4.99 Å². The van der Waals surface area contributed by atoms with Crippen LogP contribution in [0, 0.1) is 0 Å². The van der Waals surface area contributed by atoms with Gasteiger partial charge >= 0.3 is 12.2 Å². The molecule has 7 rings (SSSR count). The van der Waals surface area contributed by atoms with Gasteiger partial charge < -0.3 is 19.7 Å². The van der Waals surface area contributed by atoms with Crippen molar-refractivity contribution >= 4 is 24.0 Å². The smallest absolute Gasteiger partial charge is 0.437 e. The van der Waals surface area contributed by atoms with Crippen LogP contribution in [0.15, 0.2) is 193 Å². The molecule has 1 heterocycles. The lowest BCUT2D eigenvalue weighted by Crippen LogP contribution is -2.51. The fourth-order valence-corrected chi connectivity index (χ4v) is 8.38. The number of alkyl carbamates (subject to hydrolysis) is 1. The molecule has 6 aromatic carbocycles. The van der Waals surface area contributed by atoms with Crippen molar-refractivity contribution in [3.8, 4) is 0 Å². The molecule has 0 aliphatic carbocycles. The highest BCUT2D eigenvalue weighted by molar-refractivity contribution is 5.99. The number of nitrogens with one attached hydrogen (secondary N) is 3. The predicted octanol–water partition coefficient (Wildman–Crippen LogP) is 11.0. The van der Waals surface area contributed by atoms with Crippen LogP contribution >= 0.6 is 0 Å². The molecule has 0 bridgehead atoms. The van der Waals surface area contributed by atoms with Gasteiger partial charge in [0, 0.05) is 25.7 Å². The molecule has 3 N–H and O–H groups in total. The van der Waals surface area contributed by atoms with E-state index in [0.29, 0.717) is 12.4 Å². The van der Waals surface area contributed by atoms with Crippen LogP contribution in [0.3, 0.4) is 0 Å². The van der Waals surface area contributed by atoms with Crippen molar-refractivity contribution < 1.29 is 19.1 Å². The normalized spacial score (nSPS) is 12.3. The highest BCUT2D eigenvalue weighted by Gasteiger charge is 2.39. The Morgan fingerprint density at radius 2 is 0.940 bits per heavy atom. The lowest BCUT2D eigenvalue weighted by molar-refractivity contribution is 0.0554. The third-order valence-corrected chi connectivity index (χ3v) is 11.2. The van der Waals surface area contributed by atoms with Crippen molar-refractivity contribution in [3.63, 3.8) is 0 Å². The number of carbonyl (C=O) groups excluding carboxylic acids is 2. The summed E-state index contributed by atoms with van der Waals surface area (Å²) in [5.74, 6) is 0.654. The molecular weight excluding hydrogens is 835 g/mol. The molecular formula is C56H61N7O4. The summed E-state index contributed by atoms with van der Waals surface area (Å²) in [6, 6.07) is 62.0. The Bertz CT molecular complexity index is 2510. The summed E-state index contributed by atoms with van der Waals surface area (Å²) < 4.78 is 13.3. The van der Waals surface area contributed by atoms with E-state index >= 15 is 0 Å². The van der Waals surface area contributed by atoms with Crippen LogP contribution in [0.4, 0.5) is 15.4 Å². The fourth-order valence-electron chi connectivity index (χ4n) is 8.38. The van der Waals surface area contributed by atoms with Crippen LogP contribution in [-0.4, -0.2) is 57.1 Å². The summed E-state index contributed by atoms with van der Waals surface area (Å²) in [6.45, 7) is 11.4. The van der Waals surface area contributed by atoms with Crippen LogP contribution < -0.4 is 16.0 Å². The van der Waals surface area contributed by atoms with Crippen LogP contribution in [-0.2, 0) is 34.1 Å². The number of hydrogen-bond acceptors (Lipinski definition) is 7. The monoisotopic (exact) mass is 895 g/mol. The van der Waals surface area contributed by atoms with E-state index in [-0.39, 0.29) is 19.0 Å². The molecule has 1 aromatic heterocycles. The zero-order valence-electron chi connectivity index (χ0n) is 39.4. The lowest BCUT2D eigenvalue weighted by atomic mass is 9.77. The average molecular weight is 896 g/mol. The summed E-state index contributed by atoms with van der Waals surface area (Å²) in [6.07, 6.45) is 0.153. The van der Waals surface area contributed by atoms with Gasteiger partial charge in [0.1, 0.15) is 22.6 Å². The summed E-state index contributed by atoms with van der Waals surface area (Å²) in [7, 11) is 1.89. The average Bonchev–Trinajstić information content (AvgIpc) is 3.66. The summed E-state index contributed by atoms with van der Waals surface area (Å²) in [5, 5.41) is 15.6. The van der Waals surface area contributed by atoms with E-state index in [4.69, 9.17) is 14.6 Å². The zero-order valence-corrected chi connectivity index (χ0v) is 39.4. The number of nitrogens with zero attached hydrogens (tertiary/aromatic N) is 4. The number of rotatable bonds is 14. The number of aromatic nitrogens is 2. The predicted molar refractivity (Wildman–Crippen MR) is 267 cm³/mol. The number of carbonyl (C=O) groups is 2. The van der Waals surface area contributed by atoms with Gasteiger partial charge in [-0.3, -0.25) is 15.3 Å². The highest BCUT2D eigenvalue weighted by Crippen LogP contribution is 2.41. The highest BCUT2D eigenvalue weighted by atomic mass is 16.6. The molecule has 11 heteroatoms. The van der Waals surface area contributed by atoms with E-state index < -0.39 is 34.5 Å². The number of aryl methyl sites for hydroxylation is 1. The molecule has 0 atom stereocenters. The number of hydrogen-bond donors (Lipinski definition) is 3. The largest absolute Gasteiger partial charge is 0.444 e. The Kier molecular flexibility index (Phi) is 14.7. The second-order valence-electron chi connectivity index (χ2n) is 18.4. The minimum Gasteiger partial charge on any atom is -0.444 e. The van der Waals surface area contributed by atoms with Gasteiger partial charge in [0.25, 0.3) is 0 Å². The second-order valence-corrected chi connectivity index (χ2v) is 18.4. The molecule has 11 nitrogen and oxygen atoms in total. The maximum absolute atomic E-state index is 13.8. The molecule has 2 amide bonds. The van der Waals surface area contributed by atoms with E-state index in [1.807, 2.05) is 126 Å². The third-order valence-electron chi connectivity index (χ3n) is 11.2. The van der Waals surface area contributed by atoms with Crippen LogP contribution in [0.25, 0.3) is 0 Å². The lowest BCUT2D eigenvalue weighted by Gasteiger charge is -2.39. The molecule has 0 unspecified atom stereocenters. The Balaban J connectivity index is 1.36. The molecule has 0 saturated heterocycles. The first-order chi connectivity index (χ1) is 32.2. The Morgan fingerprint density at radius 1 is 0.567 bits per heavy atom. The van der Waals surface area contributed by atoms with E-state index in [9.17, 15) is 9.59 Å². The Labute approximate surface area is 394 Å². The topological polar surface area (TPSA) is 122 Å². The van der Waals surface area contributed by atoms with Crippen LogP contribution in [0.2, 0.25) is 0 Å². The Hall–Kier alpha value is -7.50. The first-order valence-corrected chi connectivity index (χ1v) is 22.6. The summed E-state index contributed by atoms with van der Waals surface area (Å²) >= 11 is 0. The maximum atomic E-state index is 13.8. The zero-order chi connectivity index (χ0) is 47.5. The molecule has 0 spiro atoms. The molecule has 0 aliphatic rings. The molecule has 0 radical (unpaired) electrons. The minimum atomic E-state index is -0.887. The first-order valence-electron chi connectivity index (χ1n) is 22.6. The fraction of sp³-hybridized carbons (Fsp3) is 0.250. The number of amides is 2. The minimum absolute atomic E-state index is 0.0507. The van der Waals surface area contributed by atoms with Gasteiger partial charge in [0.15, 0.2) is 0 Å². The number of ether oxygens (including phenoxy) is 2. The second kappa shape index (κ2) is 20.8. The Morgan fingerprint density at radius 3 is 1.31 bits per heavy atom. The van der Waals surface area contributed by atoms with Crippen molar-refractivity contribution in [1.29, 1.82) is 0 Å². The SMILES string of the molecule is Cn1ncc(CN(CCNC(c2ccccc2)(c2ccccc2)c2ccccc2)/C(=N\C(=O)OC(C)(C)C)NC(=O)OC(C)(C)C)c1NC(c1ccccc1)(c1ccccc1)c1ccccc1. The first kappa shape index (κ1) is 47.5. The standard InChI is InChI=1S/C56H61N7O4/c1-53(2,3)66-51(64)59-50(60-52(65)67-54(4,5)6)63(39-38-57-55(43-26-14-8-15-27-43,44-28-16-9-17-29-44)45-30-18-10-19-31-45)41-42-40-58-62(7)49(42)61-56(46-32-20-11-21-33-46,47-34-22-12-23-35-47)48-36-24-13-25-37-48/h8-37,40,57,61H,38-39,41H2,1-7H3,(H,59,60,64,65). The maximum Gasteiger partial charge on any atom is 0.437 e. The van der Waals surface area contributed by atoms with Crippen LogP contribution in [0.5, 0.6) is 0 Å². The van der Waals surface area contributed by atoms with Gasteiger partial charge in [-0.05, 0) is 74.9 Å². The quantitative estimate of drug-likeness (QED) is 0.0560. The van der Waals surface area contributed by atoms with Gasteiger partial charge in [-0.1, -0.05) is 182 Å². The van der Waals surface area contributed by atoms with Crippen molar-refractivity contribution in [1.82, 2.24) is 25.3 Å². The van der Waals surface area contributed by atoms with Gasteiger partial charge in [-0.25, -0.2) is 9.59 Å². The molecule has 0 aliphatic heterocycles. The summed E-state index contributed by atoms with van der Waals surface area (Å²) in [4.78, 5) is 33.8. The van der Waals surface area contributed by atoms with E-state index in [1.165, 1.54) is 0 Å². The van der Waals surface area contributed by atoms with Crippen molar-refractivity contribution in [2.24, 2.45) is 12.0 Å². The summed E-state index contributed by atoms with van der Waals surface area (Å²) in [5.41, 5.74) is 3.50. The molecule has 0 fully saturated rings. The van der Waals surface area contributed by atoms with Crippen LogP contribution in [0.1, 0.15) is 80.5 Å². The number of benzene rings is 6. The van der Waals surface area contributed by atoms with E-state index in [1.54, 1.807) is 47.7 Å². The van der Waals surface area contributed by atoms with Crippen molar-refractivity contribution in [3.05, 3.63) is 227 Å². The third kappa shape index (κ3) is 11.5. The van der Waals surface area contributed by atoms with Gasteiger partial charge in [0.2, 0.25) is 5.96 Å². The molecule has 7 aromatic rings. The number of aliphatic imine (C=N–C) groups is 1. The molecule has 0 saturated carbocycles. The molecule has 67 heavy (non-hydrogen) atoms. The van der Waals surface area contributed by atoms with E-state index in [0.717, 1.165) is 38.9 Å². The van der Waals surface area contributed by atoms with Gasteiger partial charge in [-0.2, -0.15) is 5.10 Å². The van der Waals surface area contributed by atoms with Crippen molar-refractivity contribution in [2.45, 2.75) is 70.4 Å².